The molecule has 0 fully saturated rings. The monoisotopic (exact) mass is 312 g/mol. The summed E-state index contributed by atoms with van der Waals surface area (Å²) in [7, 11) is -1.08. The zero-order chi connectivity index (χ0) is 14.2. The highest BCUT2D eigenvalue weighted by molar-refractivity contribution is 7.80. The number of hydrogen-bond donors (Lipinski definition) is 2. The summed E-state index contributed by atoms with van der Waals surface area (Å²) in [5.74, 6) is 1.19. The molecule has 0 heterocycles. The number of aliphatic hydroxyl groups is 1. The number of amidine groups is 1. The van der Waals surface area contributed by atoms with Gasteiger partial charge in [-0.2, -0.15) is 12.6 Å². The lowest BCUT2D eigenvalue weighted by molar-refractivity contribution is -0.0161. The van der Waals surface area contributed by atoms with E-state index in [9.17, 15) is 5.11 Å². The summed E-state index contributed by atoms with van der Waals surface area (Å²) in [4.78, 5) is 5.78. The Kier molecular flexibility index (Phi) is 9.32. The van der Waals surface area contributed by atoms with Gasteiger partial charge in [-0.3, -0.25) is 4.99 Å². The van der Waals surface area contributed by atoms with Crippen LogP contribution in [-0.4, -0.2) is 55.2 Å². The van der Waals surface area contributed by atoms with E-state index < -0.39 is 14.3 Å². The van der Waals surface area contributed by atoms with Crippen LogP contribution in [0.1, 0.15) is 6.92 Å². The first-order valence-corrected chi connectivity index (χ1v) is 10.9. The van der Waals surface area contributed by atoms with E-state index in [-0.39, 0.29) is 5.88 Å². The SMILES string of the molecule is CC(O)N(COCC[Si](C)(C)C)/C(CCl)=N\CS. The van der Waals surface area contributed by atoms with Gasteiger partial charge >= 0.3 is 0 Å². The summed E-state index contributed by atoms with van der Waals surface area (Å²) in [6.45, 7) is 9.58. The quantitative estimate of drug-likeness (QED) is 0.138. The number of aliphatic imine (C=N–C) groups is 1. The summed E-state index contributed by atoms with van der Waals surface area (Å²) < 4.78 is 5.60. The molecule has 1 unspecified atom stereocenters. The van der Waals surface area contributed by atoms with Crippen molar-refractivity contribution in [3.05, 3.63) is 0 Å². The van der Waals surface area contributed by atoms with Crippen LogP contribution in [0.2, 0.25) is 25.7 Å². The molecule has 0 radical (unpaired) electrons. The molecule has 0 amide bonds. The first-order valence-electron chi connectivity index (χ1n) is 6.04. The van der Waals surface area contributed by atoms with Gasteiger partial charge in [0.25, 0.3) is 0 Å². The zero-order valence-corrected chi connectivity index (χ0v) is 14.3. The van der Waals surface area contributed by atoms with E-state index in [0.717, 1.165) is 6.04 Å². The molecule has 0 bridgehead atoms. The fraction of sp³-hybridized carbons (Fsp3) is 0.909. The fourth-order valence-electron chi connectivity index (χ4n) is 1.23. The van der Waals surface area contributed by atoms with Crippen LogP contribution < -0.4 is 0 Å². The number of thiol groups is 1. The number of halogens is 1. The minimum atomic E-state index is -1.08. The lowest BCUT2D eigenvalue weighted by atomic mass is 10.5. The second kappa shape index (κ2) is 9.20. The maximum atomic E-state index is 9.69. The number of hydrogen-bond acceptors (Lipinski definition) is 4. The maximum Gasteiger partial charge on any atom is 0.127 e. The number of ether oxygens (including phenoxy) is 1. The third kappa shape index (κ3) is 8.37. The molecular formula is C11H25ClN2O2SSi. The van der Waals surface area contributed by atoms with Crippen LogP contribution in [0.25, 0.3) is 0 Å². The number of alkyl halides is 1. The molecule has 0 aliphatic carbocycles. The van der Waals surface area contributed by atoms with Crippen molar-refractivity contribution in [1.82, 2.24) is 4.90 Å². The van der Waals surface area contributed by atoms with Crippen LogP contribution in [0.4, 0.5) is 0 Å². The van der Waals surface area contributed by atoms with E-state index >= 15 is 0 Å². The van der Waals surface area contributed by atoms with E-state index in [1.807, 2.05) is 0 Å². The van der Waals surface area contributed by atoms with Crippen LogP contribution in [0.15, 0.2) is 4.99 Å². The molecule has 108 valence electrons. The maximum absolute atomic E-state index is 9.69. The first kappa shape index (κ1) is 18.2. The Balaban J connectivity index is 4.25. The molecule has 0 aliphatic heterocycles. The molecule has 0 aliphatic rings. The second-order valence-corrected chi connectivity index (χ2v) is 11.5. The Hall–Kier alpha value is 0.247. The fourth-order valence-corrected chi connectivity index (χ4v) is 2.39. The zero-order valence-electron chi connectivity index (χ0n) is 11.7. The van der Waals surface area contributed by atoms with Crippen LogP contribution in [0.5, 0.6) is 0 Å². The molecule has 1 N–H and O–H groups in total. The van der Waals surface area contributed by atoms with Crippen LogP contribution in [0.3, 0.4) is 0 Å². The molecule has 1 atom stereocenters. The Morgan fingerprint density at radius 1 is 1.50 bits per heavy atom. The molecule has 4 nitrogen and oxygen atoms in total. The van der Waals surface area contributed by atoms with Crippen molar-refractivity contribution in [3.8, 4) is 0 Å². The van der Waals surface area contributed by atoms with Gasteiger partial charge in [0.2, 0.25) is 0 Å². The molecule has 0 rings (SSSR count). The lowest BCUT2D eigenvalue weighted by Crippen LogP contribution is -2.41. The first-order chi connectivity index (χ1) is 8.31. The second-order valence-electron chi connectivity index (χ2n) is 5.30. The van der Waals surface area contributed by atoms with Crippen molar-refractivity contribution < 1.29 is 9.84 Å². The smallest absolute Gasteiger partial charge is 0.127 e. The minimum absolute atomic E-state index is 0.239. The predicted octanol–water partition coefficient (Wildman–Crippen LogP) is 2.46. The Bertz CT molecular complexity index is 260. The van der Waals surface area contributed by atoms with Crippen molar-refractivity contribution in [3.63, 3.8) is 0 Å². The van der Waals surface area contributed by atoms with Gasteiger partial charge in [-0.1, -0.05) is 19.6 Å². The van der Waals surface area contributed by atoms with Gasteiger partial charge in [-0.05, 0) is 13.0 Å². The summed E-state index contributed by atoms with van der Waals surface area (Å²) in [6.07, 6.45) is -0.672. The topological polar surface area (TPSA) is 45.1 Å². The summed E-state index contributed by atoms with van der Waals surface area (Å²) in [5.41, 5.74) is 0. The van der Waals surface area contributed by atoms with E-state index in [2.05, 4.69) is 37.3 Å². The minimum Gasteiger partial charge on any atom is -0.374 e. The summed E-state index contributed by atoms with van der Waals surface area (Å²) >= 11 is 9.84. The molecule has 0 aromatic carbocycles. The molecule has 0 saturated carbocycles. The lowest BCUT2D eigenvalue weighted by Gasteiger charge is -2.28. The van der Waals surface area contributed by atoms with Gasteiger partial charge < -0.3 is 14.7 Å². The molecule has 0 aromatic heterocycles. The van der Waals surface area contributed by atoms with Gasteiger partial charge in [0, 0.05) is 14.7 Å². The Morgan fingerprint density at radius 3 is 2.50 bits per heavy atom. The van der Waals surface area contributed by atoms with Crippen LogP contribution in [0, 0.1) is 0 Å². The van der Waals surface area contributed by atoms with E-state index in [1.165, 1.54) is 0 Å². The Labute approximate surface area is 122 Å². The van der Waals surface area contributed by atoms with Crippen molar-refractivity contribution in [2.24, 2.45) is 4.99 Å². The third-order valence-electron chi connectivity index (χ3n) is 2.38. The van der Waals surface area contributed by atoms with Gasteiger partial charge in [0.1, 0.15) is 18.8 Å². The molecule has 7 heteroatoms. The molecule has 18 heavy (non-hydrogen) atoms. The van der Waals surface area contributed by atoms with Crippen molar-refractivity contribution in [1.29, 1.82) is 0 Å². The highest BCUT2D eigenvalue weighted by Crippen LogP contribution is 2.08. The average Bonchev–Trinajstić information content (AvgIpc) is 2.25. The van der Waals surface area contributed by atoms with Gasteiger partial charge in [0.15, 0.2) is 0 Å². The highest BCUT2D eigenvalue weighted by Gasteiger charge is 2.17. The molecule has 0 aromatic rings. The van der Waals surface area contributed by atoms with Crippen molar-refractivity contribution >= 4 is 38.1 Å². The largest absolute Gasteiger partial charge is 0.374 e. The third-order valence-corrected chi connectivity index (χ3v) is 4.47. The van der Waals surface area contributed by atoms with Crippen molar-refractivity contribution in [2.45, 2.75) is 38.8 Å². The molecule has 0 saturated heterocycles. The average molecular weight is 313 g/mol. The van der Waals surface area contributed by atoms with E-state index in [1.54, 1.807) is 11.8 Å². The van der Waals surface area contributed by atoms with Crippen molar-refractivity contribution in [2.75, 3.05) is 25.1 Å². The predicted molar refractivity (Wildman–Crippen MR) is 84.5 cm³/mol. The van der Waals surface area contributed by atoms with Gasteiger partial charge in [0.05, 0.1) is 11.8 Å². The number of rotatable bonds is 8. The number of nitrogens with zero attached hydrogens (tertiary/aromatic N) is 2. The van der Waals surface area contributed by atoms with Crippen LogP contribution in [-0.2, 0) is 4.74 Å². The summed E-state index contributed by atoms with van der Waals surface area (Å²) in [6, 6.07) is 1.10. The van der Waals surface area contributed by atoms with Gasteiger partial charge in [-0.15, -0.1) is 11.6 Å². The Morgan fingerprint density at radius 2 is 2.11 bits per heavy atom. The van der Waals surface area contributed by atoms with E-state index in [0.29, 0.717) is 25.1 Å². The highest BCUT2D eigenvalue weighted by atomic mass is 35.5. The summed E-state index contributed by atoms with van der Waals surface area (Å²) in [5, 5.41) is 9.69. The molecular weight excluding hydrogens is 288 g/mol. The standard InChI is InChI=1S/C11H25ClN2O2SSi/c1-10(15)14(11(7-12)13-8-17)9-16-5-6-18(2,3)4/h10,15,17H,5-9H2,1-4H3/b13-11-. The molecule has 0 spiro atoms. The van der Waals surface area contributed by atoms with Crippen LogP contribution >= 0.6 is 24.2 Å². The van der Waals surface area contributed by atoms with Gasteiger partial charge in [-0.25, -0.2) is 0 Å². The normalized spacial score (nSPS) is 14.7. The number of aliphatic hydroxyl groups excluding tert-OH is 1. The van der Waals surface area contributed by atoms with E-state index in [4.69, 9.17) is 16.3 Å².